The third-order valence-electron chi connectivity index (χ3n) is 7.60. The van der Waals surface area contributed by atoms with Crippen molar-refractivity contribution in [2.45, 2.75) is 63.8 Å². The number of fused-ring (bicyclic) bond motifs is 5. The van der Waals surface area contributed by atoms with Crippen LogP contribution in [0.5, 0.6) is 0 Å². The first-order valence-electron chi connectivity index (χ1n) is 13.6. The third kappa shape index (κ3) is 4.75. The molecule has 11 heteroatoms. The van der Waals surface area contributed by atoms with Crippen molar-refractivity contribution in [1.29, 1.82) is 0 Å². The number of esters is 2. The Morgan fingerprint density at radius 2 is 1.98 bits per heavy atom. The number of nitrogens with two attached hydrogens (primary N) is 2. The number of ether oxygens (including phenoxy) is 2. The smallest absolute Gasteiger partial charge is 0.355 e. The molecule has 3 aromatic rings. The van der Waals surface area contributed by atoms with Crippen molar-refractivity contribution in [3.05, 3.63) is 63.4 Å². The molecule has 40 heavy (non-hydrogen) atoms. The summed E-state index contributed by atoms with van der Waals surface area (Å²) in [6.07, 6.45) is 1.53. The predicted octanol–water partition coefficient (Wildman–Crippen LogP) is 1.59. The summed E-state index contributed by atoms with van der Waals surface area (Å²) in [5, 5.41) is 3.63. The molecule has 2 aromatic heterocycles. The third-order valence-corrected chi connectivity index (χ3v) is 7.60. The van der Waals surface area contributed by atoms with Gasteiger partial charge in [-0.2, -0.15) is 0 Å². The van der Waals surface area contributed by atoms with E-state index in [-0.39, 0.29) is 49.1 Å². The van der Waals surface area contributed by atoms with Gasteiger partial charge in [-0.15, -0.1) is 0 Å². The Kier molecular flexibility index (Phi) is 7.68. The number of para-hydroxylation sites is 1. The second-order valence-corrected chi connectivity index (χ2v) is 10.1. The van der Waals surface area contributed by atoms with Gasteiger partial charge in [0, 0.05) is 29.5 Å². The molecule has 1 aromatic carbocycles. The van der Waals surface area contributed by atoms with Crippen LogP contribution in [-0.4, -0.2) is 46.5 Å². The van der Waals surface area contributed by atoms with E-state index in [9.17, 15) is 19.2 Å². The van der Waals surface area contributed by atoms with Gasteiger partial charge >= 0.3 is 11.9 Å². The second kappa shape index (κ2) is 11.2. The first kappa shape index (κ1) is 27.5. The van der Waals surface area contributed by atoms with Crippen LogP contribution in [0.4, 0.5) is 0 Å². The highest BCUT2D eigenvalue weighted by Gasteiger charge is 2.51. The summed E-state index contributed by atoms with van der Waals surface area (Å²) in [6, 6.07) is 10.4. The van der Waals surface area contributed by atoms with Gasteiger partial charge in [0.25, 0.3) is 5.56 Å². The van der Waals surface area contributed by atoms with Gasteiger partial charge in [-0.1, -0.05) is 25.1 Å². The van der Waals surface area contributed by atoms with Crippen LogP contribution in [0.3, 0.4) is 0 Å². The summed E-state index contributed by atoms with van der Waals surface area (Å²) in [5.41, 5.74) is 12.3. The molecule has 5 N–H and O–H groups in total. The number of cyclic esters (lactones) is 1. The summed E-state index contributed by atoms with van der Waals surface area (Å²) in [6.45, 7) is 2.33. The molecule has 1 amide bonds. The Balaban J connectivity index is 1.56. The lowest BCUT2D eigenvalue weighted by Crippen LogP contribution is -2.51. The van der Waals surface area contributed by atoms with E-state index in [2.05, 4.69) is 5.32 Å². The van der Waals surface area contributed by atoms with E-state index in [1.54, 1.807) is 17.6 Å². The number of aromatic nitrogens is 2. The number of nitrogens with one attached hydrogen (secondary N) is 1. The van der Waals surface area contributed by atoms with Gasteiger partial charge in [-0.25, -0.2) is 14.6 Å². The molecule has 0 aliphatic carbocycles. The fraction of sp³-hybridized carbons (Fsp3) is 0.414. The fourth-order valence-electron chi connectivity index (χ4n) is 5.46. The molecule has 0 saturated heterocycles. The standard InChI is InChI=1S/C29H33N5O6/c1-2-29(40-27(37)22(9-5-6-11-30)32-24(35)10-12-31)20-14-23-25-18(13-17-7-3-4-8-21(17)33-25)15-34(23)26(36)19(20)16-39-28(29)38/h3-4,7-8,13-14,22H,2,5-6,9-12,15-16,30-31H2,1H3,(H,32,35)/t22?,29-/m1/s1. The molecular formula is C29H33N5O6. The average Bonchev–Trinajstić information content (AvgIpc) is 3.30. The van der Waals surface area contributed by atoms with E-state index in [1.165, 1.54) is 0 Å². The van der Waals surface area contributed by atoms with Crippen LogP contribution in [0, 0.1) is 0 Å². The molecule has 4 heterocycles. The van der Waals surface area contributed by atoms with Crippen LogP contribution in [0.25, 0.3) is 22.3 Å². The van der Waals surface area contributed by atoms with Crippen LogP contribution in [0.15, 0.2) is 41.2 Å². The number of benzene rings is 1. The molecule has 2 atom stereocenters. The van der Waals surface area contributed by atoms with Gasteiger partial charge < -0.3 is 30.8 Å². The summed E-state index contributed by atoms with van der Waals surface area (Å²) in [4.78, 5) is 57.7. The maximum absolute atomic E-state index is 13.7. The lowest BCUT2D eigenvalue weighted by molar-refractivity contribution is -0.191. The molecule has 0 bridgehead atoms. The van der Waals surface area contributed by atoms with Gasteiger partial charge in [0.2, 0.25) is 11.5 Å². The highest BCUT2D eigenvalue weighted by atomic mass is 16.6. The first-order chi connectivity index (χ1) is 19.3. The monoisotopic (exact) mass is 547 g/mol. The van der Waals surface area contributed by atoms with Gasteiger partial charge in [0.05, 0.1) is 29.0 Å². The van der Waals surface area contributed by atoms with E-state index >= 15 is 0 Å². The number of carbonyl (C=O) groups excluding carboxylic acids is 3. The van der Waals surface area contributed by atoms with Crippen molar-refractivity contribution in [2.24, 2.45) is 11.5 Å². The van der Waals surface area contributed by atoms with Crippen LogP contribution < -0.4 is 22.3 Å². The minimum atomic E-state index is -1.86. The Bertz CT molecular complexity index is 1550. The number of hydrogen-bond donors (Lipinski definition) is 3. The molecule has 2 aliphatic rings. The highest BCUT2D eigenvalue weighted by molar-refractivity contribution is 5.90. The van der Waals surface area contributed by atoms with Crippen LogP contribution in [-0.2, 0) is 42.6 Å². The number of pyridine rings is 2. The number of rotatable bonds is 10. The lowest BCUT2D eigenvalue weighted by Gasteiger charge is -2.36. The van der Waals surface area contributed by atoms with E-state index in [1.807, 2.05) is 30.3 Å². The van der Waals surface area contributed by atoms with Crippen LogP contribution >= 0.6 is 0 Å². The molecule has 0 saturated carbocycles. The van der Waals surface area contributed by atoms with Crippen molar-refractivity contribution in [1.82, 2.24) is 14.9 Å². The zero-order valence-electron chi connectivity index (χ0n) is 22.4. The largest absolute Gasteiger partial charge is 0.457 e. The Morgan fingerprint density at radius 3 is 2.73 bits per heavy atom. The fourth-order valence-corrected chi connectivity index (χ4v) is 5.46. The van der Waals surface area contributed by atoms with E-state index in [0.29, 0.717) is 37.3 Å². The summed E-state index contributed by atoms with van der Waals surface area (Å²) >= 11 is 0. The Hall–Kier alpha value is -4.09. The summed E-state index contributed by atoms with van der Waals surface area (Å²) in [5.74, 6) is -1.96. The SMILES string of the molecule is CC[C@]1(OC(=O)C(CCCCN)NC(=O)CCN)C(=O)OCc2c1cc1n(c2=O)Cc2cc3ccccc3nc2-1. The van der Waals surface area contributed by atoms with E-state index in [4.69, 9.17) is 25.9 Å². The minimum absolute atomic E-state index is 0.0255. The first-order valence-corrected chi connectivity index (χ1v) is 13.6. The minimum Gasteiger partial charge on any atom is -0.457 e. The molecular weight excluding hydrogens is 514 g/mol. The maximum Gasteiger partial charge on any atom is 0.355 e. The average molecular weight is 548 g/mol. The number of unbranched alkanes of at least 4 members (excludes halogenated alkanes) is 1. The number of amides is 1. The molecule has 1 unspecified atom stereocenters. The molecule has 2 aliphatic heterocycles. The molecule has 5 rings (SSSR count). The normalized spacial score (nSPS) is 17.9. The van der Waals surface area contributed by atoms with E-state index in [0.717, 1.165) is 16.5 Å². The molecule has 0 radical (unpaired) electrons. The molecule has 0 fully saturated rings. The predicted molar refractivity (Wildman–Crippen MR) is 147 cm³/mol. The van der Waals surface area contributed by atoms with Crippen molar-refractivity contribution < 1.29 is 23.9 Å². The zero-order chi connectivity index (χ0) is 28.4. The molecule has 210 valence electrons. The number of hydrogen-bond acceptors (Lipinski definition) is 9. The Labute approximate surface area is 230 Å². The zero-order valence-corrected chi connectivity index (χ0v) is 22.4. The molecule has 11 nitrogen and oxygen atoms in total. The quantitative estimate of drug-likeness (QED) is 0.197. The van der Waals surface area contributed by atoms with Crippen molar-refractivity contribution in [3.8, 4) is 11.4 Å². The highest BCUT2D eigenvalue weighted by Crippen LogP contribution is 2.41. The van der Waals surface area contributed by atoms with Crippen molar-refractivity contribution in [3.63, 3.8) is 0 Å². The summed E-state index contributed by atoms with van der Waals surface area (Å²) in [7, 11) is 0. The van der Waals surface area contributed by atoms with Crippen LogP contribution in [0.2, 0.25) is 0 Å². The molecule has 0 spiro atoms. The number of carbonyl (C=O) groups is 3. The summed E-state index contributed by atoms with van der Waals surface area (Å²) < 4.78 is 13.0. The topological polar surface area (TPSA) is 169 Å². The second-order valence-electron chi connectivity index (χ2n) is 10.1. The van der Waals surface area contributed by atoms with Gasteiger partial charge in [0.15, 0.2) is 0 Å². The maximum atomic E-state index is 13.7. The van der Waals surface area contributed by atoms with Crippen molar-refractivity contribution in [2.75, 3.05) is 13.1 Å². The van der Waals surface area contributed by atoms with Gasteiger partial charge in [0.1, 0.15) is 12.6 Å². The van der Waals surface area contributed by atoms with Gasteiger partial charge in [-0.3, -0.25) is 9.59 Å². The lowest BCUT2D eigenvalue weighted by atomic mass is 9.85. The van der Waals surface area contributed by atoms with Crippen molar-refractivity contribution >= 4 is 28.7 Å². The van der Waals surface area contributed by atoms with E-state index < -0.39 is 29.5 Å². The van der Waals surface area contributed by atoms with Gasteiger partial charge in [-0.05, 0) is 50.4 Å². The number of nitrogens with zero attached hydrogens (tertiary/aromatic N) is 2. The Morgan fingerprint density at radius 1 is 1.18 bits per heavy atom. The van der Waals surface area contributed by atoms with Crippen LogP contribution in [0.1, 0.15) is 55.7 Å².